The summed E-state index contributed by atoms with van der Waals surface area (Å²) in [5.74, 6) is -0.317. The van der Waals surface area contributed by atoms with Crippen LogP contribution in [0.15, 0.2) is 6.07 Å². The van der Waals surface area contributed by atoms with Gasteiger partial charge < -0.3 is 4.74 Å². The molecule has 0 aromatic carbocycles. The molecule has 1 fully saturated rings. The topological polar surface area (TPSA) is 60.4 Å². The van der Waals surface area contributed by atoms with Crippen LogP contribution in [0.5, 0.6) is 0 Å². The van der Waals surface area contributed by atoms with Gasteiger partial charge in [0.25, 0.3) is 0 Å². The molecule has 0 bridgehead atoms. The monoisotopic (exact) mass is 288 g/mol. The molecule has 6 heteroatoms. The summed E-state index contributed by atoms with van der Waals surface area (Å²) in [4.78, 5) is 13.6. The lowest BCUT2D eigenvalue weighted by atomic mass is 10.2. The van der Waals surface area contributed by atoms with Crippen molar-refractivity contribution in [3.8, 4) is 0 Å². The van der Waals surface area contributed by atoms with Gasteiger partial charge in [0.05, 0.1) is 11.5 Å². The van der Waals surface area contributed by atoms with Gasteiger partial charge in [-0.05, 0) is 31.4 Å². The number of carbonyl (C=O) groups is 1. The molecule has 1 aliphatic rings. The van der Waals surface area contributed by atoms with Gasteiger partial charge in [-0.2, -0.15) is 0 Å². The number of esters is 1. The third kappa shape index (κ3) is 2.92. The maximum atomic E-state index is 11.9. The molecular formula is C12H16O4S2. The summed E-state index contributed by atoms with van der Waals surface area (Å²) in [7, 11) is -3.00. The normalized spacial score (nSPS) is 22.0. The van der Waals surface area contributed by atoms with E-state index < -0.39 is 21.9 Å². The van der Waals surface area contributed by atoms with Crippen LogP contribution in [-0.2, 0) is 21.0 Å². The second-order valence-electron chi connectivity index (χ2n) is 4.48. The van der Waals surface area contributed by atoms with Gasteiger partial charge in [0, 0.05) is 4.88 Å². The van der Waals surface area contributed by atoms with Crippen LogP contribution >= 0.6 is 11.3 Å². The van der Waals surface area contributed by atoms with E-state index in [0.717, 1.165) is 16.9 Å². The fourth-order valence-electron chi connectivity index (χ4n) is 2.03. The molecule has 0 N–H and O–H groups in total. The van der Waals surface area contributed by atoms with E-state index in [1.807, 2.05) is 19.9 Å². The highest BCUT2D eigenvalue weighted by molar-refractivity contribution is 7.91. The zero-order valence-corrected chi connectivity index (χ0v) is 12.1. The summed E-state index contributed by atoms with van der Waals surface area (Å²) in [6.07, 6.45) is 0.821. The van der Waals surface area contributed by atoms with E-state index in [4.69, 9.17) is 4.74 Å². The summed E-state index contributed by atoms with van der Waals surface area (Å²) in [6.45, 7) is 4.01. The lowest BCUT2D eigenvalue weighted by molar-refractivity contribution is 0.0362. The van der Waals surface area contributed by atoms with Crippen LogP contribution in [0.1, 0.15) is 33.5 Å². The van der Waals surface area contributed by atoms with Gasteiger partial charge in [-0.3, -0.25) is 0 Å². The molecule has 0 spiro atoms. The Bertz CT molecular complexity index is 557. The van der Waals surface area contributed by atoms with E-state index in [2.05, 4.69) is 0 Å². The van der Waals surface area contributed by atoms with Crippen LogP contribution in [0.25, 0.3) is 0 Å². The molecule has 0 aliphatic carbocycles. The number of carbonyl (C=O) groups excluding carboxylic acids is 1. The van der Waals surface area contributed by atoms with E-state index in [1.165, 1.54) is 11.3 Å². The quantitative estimate of drug-likeness (QED) is 0.798. The largest absolute Gasteiger partial charge is 0.457 e. The fraction of sp³-hybridized carbons (Fsp3) is 0.583. The van der Waals surface area contributed by atoms with Crippen molar-refractivity contribution in [1.29, 1.82) is 0 Å². The van der Waals surface area contributed by atoms with E-state index in [1.54, 1.807) is 0 Å². The second kappa shape index (κ2) is 5.01. The van der Waals surface area contributed by atoms with Gasteiger partial charge in [0.1, 0.15) is 11.0 Å². The Balaban J connectivity index is 2.04. The van der Waals surface area contributed by atoms with Crippen molar-refractivity contribution in [2.45, 2.75) is 32.8 Å². The summed E-state index contributed by atoms with van der Waals surface area (Å²) >= 11 is 1.41. The van der Waals surface area contributed by atoms with Gasteiger partial charge in [-0.25, -0.2) is 13.2 Å². The molecule has 2 heterocycles. The van der Waals surface area contributed by atoms with Crippen LogP contribution in [0.4, 0.5) is 0 Å². The van der Waals surface area contributed by atoms with Gasteiger partial charge in [-0.15, -0.1) is 11.3 Å². The van der Waals surface area contributed by atoms with Crippen molar-refractivity contribution in [2.24, 2.45) is 0 Å². The van der Waals surface area contributed by atoms with Gasteiger partial charge in [0.15, 0.2) is 9.84 Å². The molecule has 2 rings (SSSR count). The Morgan fingerprint density at radius 2 is 2.28 bits per heavy atom. The molecule has 100 valence electrons. The molecule has 18 heavy (non-hydrogen) atoms. The number of thiophene rings is 1. The Morgan fingerprint density at radius 3 is 2.78 bits per heavy atom. The summed E-state index contributed by atoms with van der Waals surface area (Å²) in [5, 5.41) is 0. The van der Waals surface area contributed by atoms with Crippen LogP contribution < -0.4 is 0 Å². The smallest absolute Gasteiger partial charge is 0.348 e. The first-order chi connectivity index (χ1) is 8.41. The average molecular weight is 288 g/mol. The number of hydrogen-bond donors (Lipinski definition) is 0. The summed E-state index contributed by atoms with van der Waals surface area (Å²) < 4.78 is 27.8. The van der Waals surface area contributed by atoms with Crippen molar-refractivity contribution >= 4 is 27.1 Å². The molecular weight excluding hydrogens is 272 g/mol. The average Bonchev–Trinajstić information content (AvgIpc) is 2.81. The van der Waals surface area contributed by atoms with Gasteiger partial charge in [-0.1, -0.05) is 6.92 Å². The first-order valence-electron chi connectivity index (χ1n) is 5.92. The highest BCUT2D eigenvalue weighted by atomic mass is 32.2. The Kier molecular flexibility index (Phi) is 3.77. The maximum Gasteiger partial charge on any atom is 0.348 e. The predicted molar refractivity (Wildman–Crippen MR) is 70.9 cm³/mol. The second-order valence-corrected chi connectivity index (χ2v) is 7.96. The Hall–Kier alpha value is -0.880. The van der Waals surface area contributed by atoms with Crippen LogP contribution in [0.3, 0.4) is 0 Å². The molecule has 1 unspecified atom stereocenters. The first kappa shape index (κ1) is 13.5. The molecule has 1 atom stereocenters. The third-order valence-corrected chi connectivity index (χ3v) is 5.88. The minimum atomic E-state index is -3.00. The molecule has 1 aromatic rings. The third-order valence-electron chi connectivity index (χ3n) is 3.07. The Labute approximate surface area is 111 Å². The highest BCUT2D eigenvalue weighted by Crippen LogP contribution is 2.24. The van der Waals surface area contributed by atoms with Gasteiger partial charge >= 0.3 is 5.97 Å². The van der Waals surface area contributed by atoms with E-state index >= 15 is 0 Å². The first-order valence-corrected chi connectivity index (χ1v) is 8.56. The van der Waals surface area contributed by atoms with E-state index in [0.29, 0.717) is 11.3 Å². The van der Waals surface area contributed by atoms with Crippen LogP contribution in [0.2, 0.25) is 0 Å². The number of ether oxygens (including phenoxy) is 1. The van der Waals surface area contributed by atoms with Crippen molar-refractivity contribution in [1.82, 2.24) is 0 Å². The summed E-state index contributed by atoms with van der Waals surface area (Å²) in [5.41, 5.74) is 1.14. The molecule has 4 nitrogen and oxygen atoms in total. The standard InChI is InChI=1S/C12H16O4S2/c1-3-9-6-11(17-8(9)2)12(13)16-10-4-5-18(14,15)7-10/h6,10H,3-5,7H2,1-2H3. The summed E-state index contributed by atoms with van der Waals surface area (Å²) in [6, 6.07) is 1.84. The SMILES string of the molecule is CCc1cc(C(=O)OC2CCS(=O)(=O)C2)sc1C. The number of aryl methyl sites for hydroxylation is 2. The van der Waals surface area contributed by atoms with Crippen molar-refractivity contribution < 1.29 is 17.9 Å². The van der Waals surface area contributed by atoms with Gasteiger partial charge in [0.2, 0.25) is 0 Å². The molecule has 0 amide bonds. The molecule has 1 saturated heterocycles. The van der Waals surface area contributed by atoms with Crippen molar-refractivity contribution in [2.75, 3.05) is 11.5 Å². The van der Waals surface area contributed by atoms with E-state index in [9.17, 15) is 13.2 Å². The molecule has 0 saturated carbocycles. The number of hydrogen-bond acceptors (Lipinski definition) is 5. The van der Waals surface area contributed by atoms with Crippen molar-refractivity contribution in [3.63, 3.8) is 0 Å². The minimum Gasteiger partial charge on any atom is -0.457 e. The molecule has 1 aromatic heterocycles. The van der Waals surface area contributed by atoms with Crippen LogP contribution in [0, 0.1) is 6.92 Å². The van der Waals surface area contributed by atoms with E-state index in [-0.39, 0.29) is 11.5 Å². The van der Waals surface area contributed by atoms with Crippen molar-refractivity contribution in [3.05, 3.63) is 21.4 Å². The fourth-order valence-corrected chi connectivity index (χ4v) is 4.62. The molecule has 1 aliphatic heterocycles. The maximum absolute atomic E-state index is 11.9. The zero-order valence-electron chi connectivity index (χ0n) is 10.4. The zero-order chi connectivity index (χ0) is 13.3. The number of sulfone groups is 1. The highest BCUT2D eigenvalue weighted by Gasteiger charge is 2.31. The predicted octanol–water partition coefficient (Wildman–Crippen LogP) is 1.96. The lowest BCUT2D eigenvalue weighted by Crippen LogP contribution is -2.18. The van der Waals surface area contributed by atoms with Crippen LogP contribution in [-0.4, -0.2) is 32.0 Å². The lowest BCUT2D eigenvalue weighted by Gasteiger charge is -2.08. The Morgan fingerprint density at radius 1 is 1.56 bits per heavy atom. The molecule has 0 radical (unpaired) electrons. The minimum absolute atomic E-state index is 0.0380. The number of rotatable bonds is 3.